The van der Waals surface area contributed by atoms with Crippen molar-refractivity contribution in [1.82, 2.24) is 5.32 Å². The summed E-state index contributed by atoms with van der Waals surface area (Å²) < 4.78 is 16.1. The van der Waals surface area contributed by atoms with Crippen LogP contribution < -0.4 is 14.8 Å². The standard InChI is InChI=1S/C27H29NO5/c1-27(30,15-18-12-13-24(31-2)25(14-18)32-3)17-28-26(29)33-16-23-21-10-6-4-8-19(21)20-9-5-7-11-22(20)23/h4-14,23,30H,15-17H2,1-3H3,(H,28,29). The molecule has 3 aromatic rings. The Morgan fingerprint density at radius 1 is 0.939 bits per heavy atom. The van der Waals surface area contributed by atoms with E-state index in [-0.39, 0.29) is 19.1 Å². The van der Waals surface area contributed by atoms with E-state index in [1.807, 2.05) is 36.4 Å². The normalized spacial score (nSPS) is 14.1. The zero-order chi connectivity index (χ0) is 23.4. The van der Waals surface area contributed by atoms with Gasteiger partial charge in [0.15, 0.2) is 11.5 Å². The summed E-state index contributed by atoms with van der Waals surface area (Å²) in [5.41, 5.74) is 4.39. The highest BCUT2D eigenvalue weighted by molar-refractivity contribution is 5.79. The molecule has 0 aliphatic heterocycles. The van der Waals surface area contributed by atoms with Crippen LogP contribution in [0.1, 0.15) is 29.5 Å². The Bertz CT molecular complexity index is 1100. The second kappa shape index (κ2) is 9.55. The summed E-state index contributed by atoms with van der Waals surface area (Å²) in [5.74, 6) is 1.21. The molecule has 1 atom stereocenters. The summed E-state index contributed by atoms with van der Waals surface area (Å²) in [6, 6.07) is 21.9. The van der Waals surface area contributed by atoms with Crippen molar-refractivity contribution < 1.29 is 24.1 Å². The smallest absolute Gasteiger partial charge is 0.407 e. The molecule has 4 rings (SSSR count). The third-order valence-electron chi connectivity index (χ3n) is 5.99. The van der Waals surface area contributed by atoms with Gasteiger partial charge in [-0.05, 0) is 46.9 Å². The predicted octanol–water partition coefficient (Wildman–Crippen LogP) is 4.54. The molecule has 6 heteroatoms. The highest BCUT2D eigenvalue weighted by Gasteiger charge is 2.29. The lowest BCUT2D eigenvalue weighted by Gasteiger charge is -2.24. The van der Waals surface area contributed by atoms with E-state index in [9.17, 15) is 9.90 Å². The fourth-order valence-corrected chi connectivity index (χ4v) is 4.40. The quantitative estimate of drug-likeness (QED) is 0.530. The number of ether oxygens (including phenoxy) is 3. The zero-order valence-corrected chi connectivity index (χ0v) is 19.1. The van der Waals surface area contributed by atoms with Crippen LogP contribution in [0.5, 0.6) is 11.5 Å². The number of hydrogen-bond donors (Lipinski definition) is 2. The number of amides is 1. The van der Waals surface area contributed by atoms with Gasteiger partial charge < -0.3 is 24.6 Å². The number of hydrogen-bond acceptors (Lipinski definition) is 5. The van der Waals surface area contributed by atoms with E-state index in [0.717, 1.165) is 16.7 Å². The largest absolute Gasteiger partial charge is 0.493 e. The summed E-state index contributed by atoms with van der Waals surface area (Å²) in [6.07, 6.45) is -0.221. The van der Waals surface area contributed by atoms with Crippen LogP contribution in [-0.4, -0.2) is 44.2 Å². The van der Waals surface area contributed by atoms with Crippen molar-refractivity contribution >= 4 is 6.09 Å². The van der Waals surface area contributed by atoms with Gasteiger partial charge >= 0.3 is 6.09 Å². The van der Waals surface area contributed by atoms with Gasteiger partial charge in [0.1, 0.15) is 6.61 Å². The van der Waals surface area contributed by atoms with Crippen molar-refractivity contribution in [2.45, 2.75) is 24.9 Å². The molecule has 0 radical (unpaired) electrons. The third-order valence-corrected chi connectivity index (χ3v) is 5.99. The first-order valence-electron chi connectivity index (χ1n) is 10.9. The summed E-state index contributed by atoms with van der Waals surface area (Å²) in [4.78, 5) is 12.4. The Hall–Kier alpha value is -3.51. The van der Waals surface area contributed by atoms with Crippen molar-refractivity contribution in [2.75, 3.05) is 27.4 Å². The molecule has 0 saturated carbocycles. The number of carbonyl (C=O) groups excluding carboxylic acids is 1. The average molecular weight is 448 g/mol. The molecule has 0 heterocycles. The first-order chi connectivity index (χ1) is 15.9. The van der Waals surface area contributed by atoms with E-state index in [0.29, 0.717) is 17.9 Å². The second-order valence-corrected chi connectivity index (χ2v) is 8.54. The SMILES string of the molecule is COc1ccc(CC(C)(O)CNC(=O)OCC2c3ccccc3-c3ccccc32)cc1OC. The Balaban J connectivity index is 1.34. The molecular formula is C27H29NO5. The van der Waals surface area contributed by atoms with Gasteiger partial charge in [-0.15, -0.1) is 0 Å². The van der Waals surface area contributed by atoms with Crippen molar-refractivity contribution in [3.05, 3.63) is 83.4 Å². The lowest BCUT2D eigenvalue weighted by Crippen LogP contribution is -2.42. The van der Waals surface area contributed by atoms with E-state index in [4.69, 9.17) is 14.2 Å². The summed E-state index contributed by atoms with van der Waals surface area (Å²) in [5, 5.41) is 13.5. The second-order valence-electron chi connectivity index (χ2n) is 8.54. The van der Waals surface area contributed by atoms with Crippen LogP contribution in [0, 0.1) is 0 Å². The Morgan fingerprint density at radius 2 is 1.55 bits per heavy atom. The fourth-order valence-electron chi connectivity index (χ4n) is 4.40. The molecule has 6 nitrogen and oxygen atoms in total. The lowest BCUT2D eigenvalue weighted by atomic mass is 9.96. The van der Waals surface area contributed by atoms with Gasteiger partial charge in [0, 0.05) is 18.9 Å². The monoisotopic (exact) mass is 447 g/mol. The number of rotatable bonds is 8. The van der Waals surface area contributed by atoms with Crippen molar-refractivity contribution in [3.8, 4) is 22.6 Å². The van der Waals surface area contributed by atoms with Crippen LogP contribution in [0.15, 0.2) is 66.7 Å². The fraction of sp³-hybridized carbons (Fsp3) is 0.296. The molecule has 172 valence electrons. The molecule has 0 saturated heterocycles. The van der Waals surface area contributed by atoms with E-state index in [2.05, 4.69) is 29.6 Å². The molecule has 1 unspecified atom stereocenters. The minimum atomic E-state index is -1.16. The molecule has 0 fully saturated rings. The van der Waals surface area contributed by atoms with Gasteiger partial charge in [-0.2, -0.15) is 0 Å². The van der Waals surface area contributed by atoms with Gasteiger partial charge in [-0.1, -0.05) is 54.6 Å². The number of alkyl carbamates (subject to hydrolysis) is 1. The van der Waals surface area contributed by atoms with E-state index in [1.165, 1.54) is 11.1 Å². The van der Waals surface area contributed by atoms with Crippen LogP contribution in [0.2, 0.25) is 0 Å². The highest BCUT2D eigenvalue weighted by atomic mass is 16.5. The summed E-state index contributed by atoms with van der Waals surface area (Å²) >= 11 is 0. The first-order valence-corrected chi connectivity index (χ1v) is 10.9. The molecule has 3 aromatic carbocycles. The highest BCUT2D eigenvalue weighted by Crippen LogP contribution is 2.44. The van der Waals surface area contributed by atoms with Crippen molar-refractivity contribution in [3.63, 3.8) is 0 Å². The maximum Gasteiger partial charge on any atom is 0.407 e. The number of nitrogens with one attached hydrogen (secondary N) is 1. The minimum absolute atomic E-state index is 0.00424. The molecule has 33 heavy (non-hydrogen) atoms. The molecule has 2 N–H and O–H groups in total. The van der Waals surface area contributed by atoms with Crippen LogP contribution in [0.4, 0.5) is 4.79 Å². The maximum atomic E-state index is 12.4. The van der Waals surface area contributed by atoms with Gasteiger partial charge in [-0.3, -0.25) is 0 Å². The van der Waals surface area contributed by atoms with Gasteiger partial charge in [0.25, 0.3) is 0 Å². The predicted molar refractivity (Wildman–Crippen MR) is 127 cm³/mol. The molecule has 1 amide bonds. The van der Waals surface area contributed by atoms with Gasteiger partial charge in [0.2, 0.25) is 0 Å². The molecule has 0 aromatic heterocycles. The van der Waals surface area contributed by atoms with Crippen molar-refractivity contribution in [1.29, 1.82) is 0 Å². The number of methoxy groups -OCH3 is 2. The maximum absolute atomic E-state index is 12.4. The Labute approximate surface area is 194 Å². The van der Waals surface area contributed by atoms with Gasteiger partial charge in [0.05, 0.1) is 19.8 Å². The number of benzene rings is 3. The average Bonchev–Trinajstić information content (AvgIpc) is 3.15. The molecule has 1 aliphatic carbocycles. The number of fused-ring (bicyclic) bond motifs is 3. The Morgan fingerprint density at radius 3 is 2.15 bits per heavy atom. The molecular weight excluding hydrogens is 418 g/mol. The van der Waals surface area contributed by atoms with E-state index < -0.39 is 11.7 Å². The zero-order valence-electron chi connectivity index (χ0n) is 19.1. The van der Waals surface area contributed by atoms with Crippen LogP contribution >= 0.6 is 0 Å². The van der Waals surface area contributed by atoms with Crippen LogP contribution in [0.3, 0.4) is 0 Å². The molecule has 1 aliphatic rings. The topological polar surface area (TPSA) is 77.0 Å². The number of carbonyl (C=O) groups is 1. The van der Waals surface area contributed by atoms with Crippen molar-refractivity contribution in [2.24, 2.45) is 0 Å². The van der Waals surface area contributed by atoms with E-state index in [1.54, 1.807) is 27.2 Å². The molecule has 0 bridgehead atoms. The minimum Gasteiger partial charge on any atom is -0.493 e. The third kappa shape index (κ3) is 4.96. The van der Waals surface area contributed by atoms with Crippen LogP contribution in [-0.2, 0) is 11.2 Å². The molecule has 0 spiro atoms. The lowest BCUT2D eigenvalue weighted by molar-refractivity contribution is 0.0562. The van der Waals surface area contributed by atoms with E-state index >= 15 is 0 Å². The first kappa shape index (κ1) is 22.7. The van der Waals surface area contributed by atoms with Gasteiger partial charge in [-0.25, -0.2) is 4.79 Å². The Kier molecular flexibility index (Phi) is 6.56. The summed E-state index contributed by atoms with van der Waals surface area (Å²) in [6.45, 7) is 1.96. The van der Waals surface area contributed by atoms with Crippen LogP contribution in [0.25, 0.3) is 11.1 Å². The number of aliphatic hydroxyl groups is 1. The summed E-state index contributed by atoms with van der Waals surface area (Å²) in [7, 11) is 3.14.